The minimum Gasteiger partial charge on any atom is -0.387 e. The molecule has 0 spiro atoms. The van der Waals surface area contributed by atoms with Gasteiger partial charge in [0.15, 0.2) is 6.29 Å². The van der Waals surface area contributed by atoms with E-state index >= 15 is 0 Å². The smallest absolute Gasteiger partial charge is 0.184 e. The molecule has 0 aromatic heterocycles. The maximum Gasteiger partial charge on any atom is 0.184 e. The van der Waals surface area contributed by atoms with Crippen LogP contribution in [0.25, 0.3) is 0 Å². The lowest BCUT2D eigenvalue weighted by atomic mass is 9.99. The number of ether oxygens (including phenoxy) is 3. The summed E-state index contributed by atoms with van der Waals surface area (Å²) in [6.45, 7) is 4.38. The fourth-order valence-corrected chi connectivity index (χ4v) is 1.58. The highest BCUT2D eigenvalue weighted by atomic mass is 16.7. The molecule has 6 nitrogen and oxygen atoms in total. The maximum absolute atomic E-state index is 10.0. The maximum atomic E-state index is 10.0. The van der Waals surface area contributed by atoms with Gasteiger partial charge in [0, 0.05) is 0 Å². The average molecular weight is 262 g/mol. The summed E-state index contributed by atoms with van der Waals surface area (Å²) in [6.07, 6.45) is -4.21. The third-order valence-electron chi connectivity index (χ3n) is 2.45. The highest BCUT2D eigenvalue weighted by Crippen LogP contribution is 2.22. The zero-order valence-corrected chi connectivity index (χ0v) is 9.88. The summed E-state index contributed by atoms with van der Waals surface area (Å²) in [6, 6.07) is 0. The molecule has 0 aromatic rings. The molecular weight excluding hydrogens is 240 g/mol. The van der Waals surface area contributed by atoms with Crippen LogP contribution in [-0.2, 0) is 14.2 Å². The Bertz CT molecular complexity index is 329. The first-order valence-corrected chi connectivity index (χ1v) is 5.47. The third kappa shape index (κ3) is 3.88. The summed E-state index contributed by atoms with van der Waals surface area (Å²) >= 11 is 0. The third-order valence-corrected chi connectivity index (χ3v) is 2.45. The predicted octanol–water partition coefficient (Wildman–Crippen LogP) is -0.801. The van der Waals surface area contributed by atoms with E-state index in [9.17, 15) is 15.3 Å². The first-order valence-electron chi connectivity index (χ1n) is 6.62. The van der Waals surface area contributed by atoms with Crippen LogP contribution in [0.15, 0.2) is 25.3 Å². The molecule has 0 radical (unpaired) electrons. The lowest BCUT2D eigenvalue weighted by Crippen LogP contribution is -2.59. The summed E-state index contributed by atoms with van der Waals surface area (Å²) in [5.41, 5.74) is 0. The molecule has 0 bridgehead atoms. The zero-order valence-electron chi connectivity index (χ0n) is 11.9. The average Bonchev–Trinajstić information content (AvgIpc) is 2.45. The lowest BCUT2D eigenvalue weighted by molar-refractivity contribution is -0.294. The van der Waals surface area contributed by atoms with Gasteiger partial charge in [-0.15, -0.1) is 13.2 Å². The number of aliphatic hydroxyl groups is 3. The van der Waals surface area contributed by atoms with Crippen molar-refractivity contribution in [2.24, 2.45) is 0 Å². The van der Waals surface area contributed by atoms with E-state index in [2.05, 4.69) is 13.2 Å². The van der Waals surface area contributed by atoms with E-state index in [1.165, 1.54) is 12.2 Å². The van der Waals surface area contributed by atoms with Crippen molar-refractivity contribution in [2.45, 2.75) is 30.7 Å². The Hall–Kier alpha value is -0.760. The molecule has 0 aliphatic carbocycles. The van der Waals surface area contributed by atoms with Crippen molar-refractivity contribution in [3.63, 3.8) is 0 Å². The second kappa shape index (κ2) is 7.63. The molecule has 1 fully saturated rings. The van der Waals surface area contributed by atoms with Gasteiger partial charge in [-0.1, -0.05) is 12.2 Å². The van der Waals surface area contributed by atoms with E-state index in [-0.39, 0.29) is 6.61 Å². The van der Waals surface area contributed by atoms with E-state index in [1.807, 2.05) is 0 Å². The fraction of sp³-hybridized carbons (Fsp3) is 0.667. The highest BCUT2D eigenvalue weighted by molar-refractivity contribution is 4.90. The topological polar surface area (TPSA) is 88.4 Å². The number of hydrogen-bond acceptors (Lipinski definition) is 6. The molecule has 1 heterocycles. The van der Waals surface area contributed by atoms with Crippen molar-refractivity contribution in [3.8, 4) is 0 Å². The van der Waals surface area contributed by atoms with Gasteiger partial charge in [-0.2, -0.15) is 0 Å². The second-order valence-corrected chi connectivity index (χ2v) is 3.72. The quantitative estimate of drug-likeness (QED) is 0.521. The van der Waals surface area contributed by atoms with Crippen LogP contribution in [0, 0.1) is 0 Å². The van der Waals surface area contributed by atoms with Crippen LogP contribution in [0.2, 0.25) is 0 Å². The zero-order chi connectivity index (χ0) is 15.3. The van der Waals surface area contributed by atoms with Crippen LogP contribution in [0.4, 0.5) is 0 Å². The Morgan fingerprint density at radius 1 is 1.17 bits per heavy atom. The Labute approximate surface area is 109 Å². The van der Waals surface area contributed by atoms with Crippen molar-refractivity contribution >= 4 is 0 Å². The van der Waals surface area contributed by atoms with Crippen molar-refractivity contribution in [2.75, 3.05) is 19.8 Å². The van der Waals surface area contributed by atoms with E-state index in [0.29, 0.717) is 0 Å². The highest BCUT2D eigenvalue weighted by Gasteiger charge is 2.44. The molecule has 18 heavy (non-hydrogen) atoms. The van der Waals surface area contributed by atoms with Crippen LogP contribution < -0.4 is 0 Å². The van der Waals surface area contributed by atoms with E-state index in [0.717, 1.165) is 0 Å². The first-order chi connectivity index (χ1) is 9.40. The Morgan fingerprint density at radius 3 is 2.44 bits per heavy atom. The predicted molar refractivity (Wildman–Crippen MR) is 63.8 cm³/mol. The summed E-state index contributed by atoms with van der Waals surface area (Å²) < 4.78 is 29.8. The molecule has 1 rings (SSSR count). The Balaban J connectivity index is 2.68. The molecule has 3 N–H and O–H groups in total. The van der Waals surface area contributed by atoms with Crippen molar-refractivity contribution in [1.29, 1.82) is 0 Å². The van der Waals surface area contributed by atoms with Gasteiger partial charge in [0.05, 0.1) is 22.5 Å². The minimum absolute atomic E-state index is 0.193. The molecule has 0 aromatic carbocycles. The van der Waals surface area contributed by atoms with Gasteiger partial charge < -0.3 is 29.5 Å². The molecule has 1 saturated heterocycles. The van der Waals surface area contributed by atoms with Gasteiger partial charge in [0.2, 0.25) is 0 Å². The van der Waals surface area contributed by atoms with Crippen LogP contribution in [0.5, 0.6) is 0 Å². The van der Waals surface area contributed by atoms with Crippen LogP contribution >= 0.6 is 0 Å². The molecule has 1 aliphatic heterocycles. The monoisotopic (exact) mass is 262 g/mol. The van der Waals surface area contributed by atoms with Crippen molar-refractivity contribution in [3.05, 3.63) is 25.3 Å². The molecule has 0 amide bonds. The SMILES string of the molecule is [2H]C(C=C)OC[C@H]1OC(O)[C@H](O)[C@@H](OC([2H])C=C)[C@@H]1O. The van der Waals surface area contributed by atoms with Crippen LogP contribution in [-0.4, -0.2) is 65.8 Å². The molecule has 0 saturated carbocycles. The number of aliphatic hydroxyl groups excluding tert-OH is 3. The first kappa shape index (κ1) is 12.3. The molecule has 1 aliphatic rings. The van der Waals surface area contributed by atoms with E-state index < -0.39 is 43.9 Å². The second-order valence-electron chi connectivity index (χ2n) is 3.72. The van der Waals surface area contributed by atoms with E-state index in [4.69, 9.17) is 17.0 Å². The molecular formula is C12H20O6. The van der Waals surface area contributed by atoms with Gasteiger partial charge in [-0.25, -0.2) is 0 Å². The Morgan fingerprint density at radius 2 is 1.83 bits per heavy atom. The lowest BCUT2D eigenvalue weighted by Gasteiger charge is -2.40. The number of hydrogen-bond donors (Lipinski definition) is 3. The van der Waals surface area contributed by atoms with Crippen LogP contribution in [0.1, 0.15) is 2.74 Å². The minimum atomic E-state index is -1.58. The van der Waals surface area contributed by atoms with Crippen LogP contribution in [0.3, 0.4) is 0 Å². The van der Waals surface area contributed by atoms with Crippen molar-refractivity contribution < 1.29 is 32.3 Å². The molecule has 6 heteroatoms. The van der Waals surface area contributed by atoms with Crippen molar-refractivity contribution in [1.82, 2.24) is 0 Å². The van der Waals surface area contributed by atoms with Gasteiger partial charge in [0.25, 0.3) is 0 Å². The summed E-state index contributed by atoms with van der Waals surface area (Å²) in [7, 11) is 0. The fourth-order valence-electron chi connectivity index (χ4n) is 1.58. The summed E-state index contributed by atoms with van der Waals surface area (Å²) in [5.74, 6) is 0. The Kier molecular flexibility index (Phi) is 5.20. The standard InChI is InChI=1S/C12H20O6/c1-3-5-16-7-8-9(13)11(17-6-4-2)10(14)12(15)18-8/h3-4,8-15H,1-2,5-7H2/t8-,9-,10-,11+,12?/m1/s1/i5D,6D/t5?,6?,8-,9-,10-,11+,12?. The summed E-state index contributed by atoms with van der Waals surface area (Å²) in [4.78, 5) is 0. The van der Waals surface area contributed by atoms with E-state index in [1.54, 1.807) is 0 Å². The molecule has 7 atom stereocenters. The van der Waals surface area contributed by atoms with Gasteiger partial charge in [0.1, 0.15) is 24.4 Å². The summed E-state index contributed by atoms with van der Waals surface area (Å²) in [5, 5.41) is 29.3. The number of rotatable bonds is 7. The van der Waals surface area contributed by atoms with Gasteiger partial charge in [-0.05, 0) is 0 Å². The normalized spacial score (nSPS) is 41.4. The molecule has 3 unspecified atom stereocenters. The molecule has 104 valence electrons. The van der Waals surface area contributed by atoms with Gasteiger partial charge >= 0.3 is 0 Å². The largest absolute Gasteiger partial charge is 0.387 e. The van der Waals surface area contributed by atoms with Gasteiger partial charge in [-0.3, -0.25) is 0 Å².